The van der Waals surface area contributed by atoms with Gasteiger partial charge in [0.05, 0.1) is 11.4 Å². The van der Waals surface area contributed by atoms with Gasteiger partial charge in [0.2, 0.25) is 11.1 Å². The first-order valence-corrected chi connectivity index (χ1v) is 7.07. The summed E-state index contributed by atoms with van der Waals surface area (Å²) in [6.07, 6.45) is 0. The van der Waals surface area contributed by atoms with Crippen LogP contribution in [0.5, 0.6) is 0 Å². The summed E-state index contributed by atoms with van der Waals surface area (Å²) in [6.45, 7) is 1.42. The monoisotopic (exact) mass is 345 g/mol. The van der Waals surface area contributed by atoms with E-state index in [-0.39, 0.29) is 16.6 Å². The molecule has 0 atom stereocenters. The van der Waals surface area contributed by atoms with Crippen molar-refractivity contribution in [3.8, 4) is 0 Å². The molecule has 1 heterocycles. The third-order valence-corrected chi connectivity index (χ3v) is 3.60. The number of amides is 1. The van der Waals surface area contributed by atoms with E-state index in [0.717, 1.165) is 22.5 Å². The van der Waals surface area contributed by atoms with E-state index < -0.39 is 34.6 Å². The van der Waals surface area contributed by atoms with Crippen molar-refractivity contribution in [2.75, 3.05) is 16.9 Å². The fourth-order valence-corrected chi connectivity index (χ4v) is 2.16. The minimum absolute atomic E-state index is 0.0264. The van der Waals surface area contributed by atoms with Crippen molar-refractivity contribution >= 4 is 23.4 Å². The summed E-state index contributed by atoms with van der Waals surface area (Å²) in [5, 5.41) is 9.27. The van der Waals surface area contributed by atoms with Gasteiger partial charge < -0.3 is 11.2 Å². The van der Waals surface area contributed by atoms with Crippen molar-refractivity contribution < 1.29 is 18.0 Å². The second-order valence-electron chi connectivity index (χ2n) is 4.30. The predicted molar refractivity (Wildman–Crippen MR) is 76.8 cm³/mol. The first-order chi connectivity index (χ1) is 10.8. The van der Waals surface area contributed by atoms with Crippen LogP contribution in [0.3, 0.4) is 0 Å². The van der Waals surface area contributed by atoms with Crippen molar-refractivity contribution in [2.24, 2.45) is 0 Å². The zero-order valence-electron chi connectivity index (χ0n) is 11.6. The summed E-state index contributed by atoms with van der Waals surface area (Å²) in [7, 11) is 0. The number of halogens is 3. The Bertz CT molecular complexity index is 827. The fraction of sp³-hybridized carbons (Fsp3) is 0.167. The Balaban J connectivity index is 2.05. The number of aryl methyl sites for hydroxylation is 1. The Morgan fingerprint density at radius 1 is 1.30 bits per heavy atom. The van der Waals surface area contributed by atoms with Crippen LogP contribution in [0.15, 0.2) is 22.1 Å². The molecule has 7 nitrogen and oxygen atoms in total. The molecule has 0 aliphatic carbocycles. The van der Waals surface area contributed by atoms with E-state index in [4.69, 9.17) is 5.84 Å². The van der Waals surface area contributed by atoms with Gasteiger partial charge in [-0.1, -0.05) is 11.8 Å². The van der Waals surface area contributed by atoms with Crippen LogP contribution in [-0.2, 0) is 4.79 Å². The first kappa shape index (κ1) is 16.8. The van der Waals surface area contributed by atoms with Crippen molar-refractivity contribution in [2.45, 2.75) is 12.1 Å². The van der Waals surface area contributed by atoms with E-state index in [1.54, 1.807) is 0 Å². The van der Waals surface area contributed by atoms with E-state index in [2.05, 4.69) is 15.5 Å². The van der Waals surface area contributed by atoms with Crippen LogP contribution in [0.25, 0.3) is 0 Å². The van der Waals surface area contributed by atoms with Gasteiger partial charge in [-0.15, -0.1) is 10.2 Å². The van der Waals surface area contributed by atoms with Crippen LogP contribution in [-0.4, -0.2) is 26.5 Å². The van der Waals surface area contributed by atoms with Gasteiger partial charge in [-0.2, -0.15) is 4.68 Å². The first-order valence-electron chi connectivity index (χ1n) is 6.08. The SMILES string of the molecule is Cc1nnc(SCC(=O)Nc2ccc(F)c(F)c2F)n(N)c1=O. The number of nitrogen functional groups attached to an aromatic ring is 1. The molecule has 2 aromatic rings. The van der Waals surface area contributed by atoms with Gasteiger partial charge in [0, 0.05) is 0 Å². The number of benzene rings is 1. The maximum atomic E-state index is 13.4. The Hall–Kier alpha value is -2.56. The van der Waals surface area contributed by atoms with E-state index in [0.29, 0.717) is 6.07 Å². The van der Waals surface area contributed by atoms with Crippen molar-refractivity contribution in [1.29, 1.82) is 0 Å². The molecule has 2 rings (SSSR count). The molecule has 1 aromatic heterocycles. The Labute approximate surface area is 131 Å². The molecule has 0 spiro atoms. The highest BCUT2D eigenvalue weighted by molar-refractivity contribution is 7.99. The largest absolute Gasteiger partial charge is 0.334 e. The number of carbonyl (C=O) groups excluding carboxylic acids is 1. The summed E-state index contributed by atoms with van der Waals surface area (Å²) >= 11 is 0.773. The van der Waals surface area contributed by atoms with Crippen LogP contribution in [0.2, 0.25) is 0 Å². The van der Waals surface area contributed by atoms with Gasteiger partial charge in [-0.3, -0.25) is 9.59 Å². The van der Waals surface area contributed by atoms with Crippen molar-refractivity contribution in [3.63, 3.8) is 0 Å². The zero-order valence-corrected chi connectivity index (χ0v) is 12.5. The lowest BCUT2D eigenvalue weighted by Gasteiger charge is -2.08. The highest BCUT2D eigenvalue weighted by Crippen LogP contribution is 2.20. The normalized spacial score (nSPS) is 10.6. The molecule has 0 saturated heterocycles. The van der Waals surface area contributed by atoms with E-state index in [1.165, 1.54) is 6.92 Å². The van der Waals surface area contributed by atoms with E-state index in [9.17, 15) is 22.8 Å². The lowest BCUT2D eigenvalue weighted by atomic mass is 10.3. The van der Waals surface area contributed by atoms with Crippen LogP contribution < -0.4 is 16.7 Å². The number of hydrogen-bond acceptors (Lipinski definition) is 6. The van der Waals surface area contributed by atoms with E-state index in [1.807, 2.05) is 0 Å². The number of hydrogen-bond donors (Lipinski definition) is 2. The maximum Gasteiger partial charge on any atom is 0.294 e. The van der Waals surface area contributed by atoms with Gasteiger partial charge in [-0.05, 0) is 19.1 Å². The summed E-state index contributed by atoms with van der Waals surface area (Å²) in [5.74, 6) is -0.0991. The van der Waals surface area contributed by atoms with Gasteiger partial charge in [0.1, 0.15) is 5.69 Å². The van der Waals surface area contributed by atoms with Gasteiger partial charge in [0.15, 0.2) is 17.5 Å². The van der Waals surface area contributed by atoms with E-state index >= 15 is 0 Å². The molecule has 1 aromatic carbocycles. The molecule has 3 N–H and O–H groups in total. The maximum absolute atomic E-state index is 13.4. The highest BCUT2D eigenvalue weighted by Gasteiger charge is 2.16. The molecule has 11 heteroatoms. The molecule has 0 aliphatic rings. The minimum Gasteiger partial charge on any atom is -0.334 e. The Kier molecular flexibility index (Phi) is 4.89. The molecule has 0 aliphatic heterocycles. The number of aromatic nitrogens is 3. The van der Waals surface area contributed by atoms with Gasteiger partial charge in [-0.25, -0.2) is 13.2 Å². The molecule has 0 bridgehead atoms. The zero-order chi connectivity index (χ0) is 17.1. The molecule has 0 fully saturated rings. The Morgan fingerprint density at radius 2 is 2.00 bits per heavy atom. The molecule has 122 valence electrons. The predicted octanol–water partition coefficient (Wildman–Crippen LogP) is 0.809. The fourth-order valence-electron chi connectivity index (χ4n) is 1.51. The number of nitrogens with two attached hydrogens (primary N) is 1. The summed E-state index contributed by atoms with van der Waals surface area (Å²) < 4.78 is 40.0. The smallest absolute Gasteiger partial charge is 0.294 e. The quantitative estimate of drug-likeness (QED) is 0.483. The Morgan fingerprint density at radius 3 is 2.70 bits per heavy atom. The third-order valence-electron chi connectivity index (χ3n) is 2.66. The number of rotatable bonds is 4. The third kappa shape index (κ3) is 3.62. The average Bonchev–Trinajstić information content (AvgIpc) is 2.52. The summed E-state index contributed by atoms with van der Waals surface area (Å²) in [5.41, 5.74) is -0.991. The highest BCUT2D eigenvalue weighted by atomic mass is 32.2. The van der Waals surface area contributed by atoms with Gasteiger partial charge in [0.25, 0.3) is 5.56 Å². The number of thioether (sulfide) groups is 1. The van der Waals surface area contributed by atoms with Crippen LogP contribution in [0.1, 0.15) is 5.69 Å². The van der Waals surface area contributed by atoms with Gasteiger partial charge >= 0.3 is 0 Å². The topological polar surface area (TPSA) is 103 Å². The van der Waals surface area contributed by atoms with Crippen molar-refractivity contribution in [3.05, 3.63) is 45.6 Å². The number of nitrogens with zero attached hydrogens (tertiary/aromatic N) is 3. The van der Waals surface area contributed by atoms with Crippen LogP contribution in [0.4, 0.5) is 18.9 Å². The van der Waals surface area contributed by atoms with Crippen molar-refractivity contribution in [1.82, 2.24) is 14.9 Å². The molecule has 1 amide bonds. The molecule has 0 saturated carbocycles. The van der Waals surface area contributed by atoms with Crippen LogP contribution in [0, 0.1) is 24.4 Å². The summed E-state index contributed by atoms with van der Waals surface area (Å²) in [6, 6.07) is 1.57. The van der Waals surface area contributed by atoms with Crippen LogP contribution >= 0.6 is 11.8 Å². The number of carbonyl (C=O) groups is 1. The lowest BCUT2D eigenvalue weighted by Crippen LogP contribution is -2.32. The second-order valence-corrected chi connectivity index (χ2v) is 5.25. The lowest BCUT2D eigenvalue weighted by molar-refractivity contribution is -0.113. The minimum atomic E-state index is -1.68. The summed E-state index contributed by atoms with van der Waals surface area (Å²) in [4.78, 5) is 23.2. The molecular formula is C12H10F3N5O2S. The second kappa shape index (κ2) is 6.69. The molecule has 0 unspecified atom stereocenters. The number of anilines is 1. The average molecular weight is 345 g/mol. The number of nitrogens with one attached hydrogen (secondary N) is 1. The standard InChI is InChI=1S/C12H10F3N5O2S/c1-5-11(22)20(16)12(19-18-5)23-4-8(21)17-7-3-2-6(13)9(14)10(7)15/h2-3H,4,16H2,1H3,(H,17,21). The molecular weight excluding hydrogens is 335 g/mol. The molecule has 0 radical (unpaired) electrons. The molecule has 23 heavy (non-hydrogen) atoms.